The summed E-state index contributed by atoms with van der Waals surface area (Å²) >= 11 is 12.1. The van der Waals surface area contributed by atoms with Crippen LogP contribution in [0, 0.1) is 17.1 Å². The molecule has 0 bridgehead atoms. The van der Waals surface area contributed by atoms with Gasteiger partial charge in [0.05, 0.1) is 11.6 Å². The molecule has 0 atom stereocenters. The minimum atomic E-state index is -0.460. The molecular formula is C15H8Cl2FN. The Balaban J connectivity index is 2.58. The van der Waals surface area contributed by atoms with Crippen molar-refractivity contribution in [3.8, 4) is 6.07 Å². The van der Waals surface area contributed by atoms with Crippen molar-refractivity contribution in [2.45, 2.75) is 0 Å². The summed E-state index contributed by atoms with van der Waals surface area (Å²) < 4.78 is 13.7. The van der Waals surface area contributed by atoms with Gasteiger partial charge in [-0.3, -0.25) is 0 Å². The van der Waals surface area contributed by atoms with Crippen molar-refractivity contribution in [2.75, 3.05) is 0 Å². The summed E-state index contributed by atoms with van der Waals surface area (Å²) in [5.74, 6) is -0.460. The molecule has 0 saturated carbocycles. The number of hydrogen-bond acceptors (Lipinski definition) is 1. The number of nitriles is 1. The van der Waals surface area contributed by atoms with E-state index >= 15 is 0 Å². The van der Waals surface area contributed by atoms with Gasteiger partial charge in [0.1, 0.15) is 5.82 Å². The lowest BCUT2D eigenvalue weighted by atomic mass is 10.0. The highest BCUT2D eigenvalue weighted by atomic mass is 35.5. The number of halogens is 3. The van der Waals surface area contributed by atoms with Crippen molar-refractivity contribution in [1.82, 2.24) is 0 Å². The van der Waals surface area contributed by atoms with E-state index in [1.54, 1.807) is 30.3 Å². The van der Waals surface area contributed by atoms with E-state index in [2.05, 4.69) is 0 Å². The van der Waals surface area contributed by atoms with Crippen LogP contribution in [0.4, 0.5) is 4.39 Å². The zero-order chi connectivity index (χ0) is 13.8. The van der Waals surface area contributed by atoms with Gasteiger partial charge in [0.25, 0.3) is 0 Å². The molecule has 1 nitrogen and oxygen atoms in total. The van der Waals surface area contributed by atoms with Gasteiger partial charge in [-0.1, -0.05) is 47.5 Å². The smallest absolute Gasteiger partial charge is 0.131 e. The molecular weight excluding hydrogens is 284 g/mol. The average Bonchev–Trinajstić information content (AvgIpc) is 2.40. The van der Waals surface area contributed by atoms with E-state index in [0.29, 0.717) is 15.6 Å². The van der Waals surface area contributed by atoms with Crippen LogP contribution in [0.1, 0.15) is 11.1 Å². The molecule has 0 aromatic heterocycles. The Bertz CT molecular complexity index is 667. The highest BCUT2D eigenvalue weighted by Gasteiger charge is 2.09. The molecule has 2 aromatic rings. The van der Waals surface area contributed by atoms with E-state index in [1.807, 2.05) is 6.07 Å². The standard InChI is InChI=1S/C15H8Cl2FN/c16-13-5-3-6-14(17)12(13)8-10(9-19)11-4-1-2-7-15(11)18/h1-8H/b10-8-. The number of hydrogen-bond donors (Lipinski definition) is 0. The van der Waals surface area contributed by atoms with E-state index in [4.69, 9.17) is 23.2 Å². The van der Waals surface area contributed by atoms with Crippen LogP contribution in [0.25, 0.3) is 11.6 Å². The van der Waals surface area contributed by atoms with Crippen molar-refractivity contribution in [3.05, 3.63) is 69.5 Å². The summed E-state index contributed by atoms with van der Waals surface area (Å²) in [5.41, 5.74) is 0.903. The molecule has 2 rings (SSSR count). The average molecular weight is 292 g/mol. The Labute approximate surface area is 120 Å². The van der Waals surface area contributed by atoms with Gasteiger partial charge in [-0.25, -0.2) is 4.39 Å². The fourth-order valence-corrected chi connectivity index (χ4v) is 2.15. The molecule has 0 heterocycles. The van der Waals surface area contributed by atoms with E-state index in [1.165, 1.54) is 18.2 Å². The van der Waals surface area contributed by atoms with Gasteiger partial charge >= 0.3 is 0 Å². The lowest BCUT2D eigenvalue weighted by Crippen LogP contribution is -1.88. The molecule has 4 heteroatoms. The van der Waals surface area contributed by atoms with E-state index < -0.39 is 5.82 Å². The lowest BCUT2D eigenvalue weighted by Gasteiger charge is -2.04. The maximum absolute atomic E-state index is 13.7. The van der Waals surface area contributed by atoms with Crippen LogP contribution in [0.3, 0.4) is 0 Å². The van der Waals surface area contributed by atoms with Crippen molar-refractivity contribution in [2.24, 2.45) is 0 Å². The predicted octanol–water partition coefficient (Wildman–Crippen LogP) is 5.20. The Kier molecular flexibility index (Phi) is 4.21. The van der Waals surface area contributed by atoms with Crippen molar-refractivity contribution in [3.63, 3.8) is 0 Å². The number of benzene rings is 2. The molecule has 0 aliphatic rings. The molecule has 0 radical (unpaired) electrons. The van der Waals surface area contributed by atoms with Gasteiger partial charge in [-0.2, -0.15) is 5.26 Å². The summed E-state index contributed by atoms with van der Waals surface area (Å²) in [6.07, 6.45) is 1.49. The second-order valence-corrected chi connectivity index (χ2v) is 4.60. The van der Waals surface area contributed by atoms with Crippen LogP contribution in [-0.4, -0.2) is 0 Å². The summed E-state index contributed by atoms with van der Waals surface area (Å²) in [5, 5.41) is 10.0. The third-order valence-electron chi connectivity index (χ3n) is 2.57. The molecule has 0 aliphatic heterocycles. The fraction of sp³-hybridized carbons (Fsp3) is 0. The van der Waals surface area contributed by atoms with Crippen LogP contribution in [0.5, 0.6) is 0 Å². The van der Waals surface area contributed by atoms with Gasteiger partial charge in [0.2, 0.25) is 0 Å². The molecule has 0 saturated heterocycles. The summed E-state index contributed by atoms with van der Waals surface area (Å²) in [7, 11) is 0. The molecule has 0 N–H and O–H groups in total. The first-order valence-electron chi connectivity index (χ1n) is 5.44. The van der Waals surface area contributed by atoms with E-state index in [-0.39, 0.29) is 11.1 Å². The molecule has 0 spiro atoms. The Morgan fingerprint density at radius 1 is 1.05 bits per heavy atom. The van der Waals surface area contributed by atoms with Gasteiger partial charge in [0, 0.05) is 21.2 Å². The Hall–Kier alpha value is -1.82. The molecule has 0 amide bonds. The maximum atomic E-state index is 13.7. The zero-order valence-electron chi connectivity index (χ0n) is 9.70. The second kappa shape index (κ2) is 5.88. The third kappa shape index (κ3) is 2.96. The molecule has 19 heavy (non-hydrogen) atoms. The predicted molar refractivity (Wildman–Crippen MR) is 76.3 cm³/mol. The van der Waals surface area contributed by atoms with Gasteiger partial charge < -0.3 is 0 Å². The lowest BCUT2D eigenvalue weighted by molar-refractivity contribution is 0.624. The first-order chi connectivity index (χ1) is 9.13. The number of allylic oxidation sites excluding steroid dienone is 1. The maximum Gasteiger partial charge on any atom is 0.131 e. The van der Waals surface area contributed by atoms with Gasteiger partial charge in [-0.15, -0.1) is 0 Å². The van der Waals surface area contributed by atoms with Crippen molar-refractivity contribution in [1.29, 1.82) is 5.26 Å². The quantitative estimate of drug-likeness (QED) is 0.551. The fourth-order valence-electron chi connectivity index (χ4n) is 1.64. The third-order valence-corrected chi connectivity index (χ3v) is 3.23. The zero-order valence-corrected chi connectivity index (χ0v) is 11.2. The SMILES string of the molecule is N#C/C(=C/c1c(Cl)cccc1Cl)c1ccccc1F. The molecule has 0 unspecified atom stereocenters. The second-order valence-electron chi connectivity index (χ2n) is 3.78. The molecule has 0 aliphatic carbocycles. The topological polar surface area (TPSA) is 23.8 Å². The molecule has 2 aromatic carbocycles. The molecule has 0 fully saturated rings. The van der Waals surface area contributed by atoms with Crippen LogP contribution in [-0.2, 0) is 0 Å². The van der Waals surface area contributed by atoms with Crippen molar-refractivity contribution < 1.29 is 4.39 Å². The van der Waals surface area contributed by atoms with Crippen molar-refractivity contribution >= 4 is 34.9 Å². The Morgan fingerprint density at radius 2 is 1.68 bits per heavy atom. The van der Waals surface area contributed by atoms with E-state index in [0.717, 1.165) is 0 Å². The van der Waals surface area contributed by atoms with Crippen LogP contribution in [0.15, 0.2) is 42.5 Å². The molecule has 94 valence electrons. The normalized spacial score (nSPS) is 11.2. The largest absolute Gasteiger partial charge is 0.206 e. The number of nitrogens with zero attached hydrogens (tertiary/aromatic N) is 1. The highest BCUT2D eigenvalue weighted by molar-refractivity contribution is 6.37. The minimum Gasteiger partial charge on any atom is -0.206 e. The van der Waals surface area contributed by atoms with Gasteiger partial charge in [-0.05, 0) is 24.3 Å². The first-order valence-corrected chi connectivity index (χ1v) is 6.20. The minimum absolute atomic E-state index is 0.174. The Morgan fingerprint density at radius 3 is 2.26 bits per heavy atom. The van der Waals surface area contributed by atoms with Crippen LogP contribution in [0.2, 0.25) is 10.0 Å². The van der Waals surface area contributed by atoms with E-state index in [9.17, 15) is 9.65 Å². The van der Waals surface area contributed by atoms with Crippen LogP contribution >= 0.6 is 23.2 Å². The summed E-state index contributed by atoms with van der Waals surface area (Å²) in [6, 6.07) is 13.1. The highest BCUT2D eigenvalue weighted by Crippen LogP contribution is 2.29. The monoisotopic (exact) mass is 291 g/mol. The first kappa shape index (κ1) is 13.6. The number of rotatable bonds is 2. The van der Waals surface area contributed by atoms with Gasteiger partial charge in [0.15, 0.2) is 0 Å². The summed E-state index contributed by atoms with van der Waals surface area (Å²) in [6.45, 7) is 0. The summed E-state index contributed by atoms with van der Waals surface area (Å²) in [4.78, 5) is 0. The van der Waals surface area contributed by atoms with Crippen LogP contribution < -0.4 is 0 Å².